The number of hydrogen-bond acceptors (Lipinski definition) is 4. The van der Waals surface area contributed by atoms with Gasteiger partial charge in [0.1, 0.15) is 0 Å². The molecule has 0 aliphatic carbocycles. The number of fused-ring (bicyclic) bond motifs is 1. The van der Waals surface area contributed by atoms with Crippen molar-refractivity contribution in [1.29, 1.82) is 0 Å². The van der Waals surface area contributed by atoms with Crippen LogP contribution in [0.5, 0.6) is 0 Å². The molecule has 3 rings (SSSR count). The minimum Gasteiger partial charge on any atom is -0.332 e. The lowest BCUT2D eigenvalue weighted by molar-refractivity contribution is -0.131. The summed E-state index contributed by atoms with van der Waals surface area (Å²) in [4.78, 5) is 14.2. The number of nitrogens with zero attached hydrogens (tertiary/aromatic N) is 3. The van der Waals surface area contributed by atoms with Crippen molar-refractivity contribution in [3.63, 3.8) is 0 Å². The zero-order valence-electron chi connectivity index (χ0n) is 13.9. The monoisotopic (exact) mass is 357 g/mol. The molecule has 0 saturated carbocycles. The molecular formula is C18H19N3O3S. The second kappa shape index (κ2) is 6.68. The van der Waals surface area contributed by atoms with Crippen molar-refractivity contribution >= 4 is 15.9 Å². The highest BCUT2D eigenvalue weighted by Crippen LogP contribution is 2.24. The fourth-order valence-corrected chi connectivity index (χ4v) is 3.99. The van der Waals surface area contributed by atoms with Gasteiger partial charge in [-0.1, -0.05) is 43.0 Å². The Kier molecular flexibility index (Phi) is 4.59. The van der Waals surface area contributed by atoms with Crippen molar-refractivity contribution in [3.8, 4) is 0 Å². The predicted octanol–water partition coefficient (Wildman–Crippen LogP) is 2.24. The van der Waals surface area contributed by atoms with Crippen LogP contribution in [0, 0.1) is 0 Å². The van der Waals surface area contributed by atoms with E-state index in [2.05, 4.69) is 11.7 Å². The summed E-state index contributed by atoms with van der Waals surface area (Å²) in [6.07, 6.45) is 4.57. The highest BCUT2D eigenvalue weighted by molar-refractivity contribution is 7.93. The highest BCUT2D eigenvalue weighted by atomic mass is 32.2. The number of hydrogen-bond donors (Lipinski definition) is 0. The normalized spacial score (nSPS) is 14.4. The summed E-state index contributed by atoms with van der Waals surface area (Å²) in [5, 5.41) is 4.17. The maximum Gasteiger partial charge on any atom is 0.282 e. The van der Waals surface area contributed by atoms with E-state index in [4.69, 9.17) is 0 Å². The van der Waals surface area contributed by atoms with E-state index in [-0.39, 0.29) is 10.8 Å². The second-order valence-corrected chi connectivity index (χ2v) is 7.58. The Bertz CT molecular complexity index is 920. The van der Waals surface area contributed by atoms with Gasteiger partial charge in [-0.25, -0.2) is 0 Å². The van der Waals surface area contributed by atoms with Crippen LogP contribution in [0.3, 0.4) is 0 Å². The SMILES string of the molecule is C=C/C(=C\C)S(=O)(=O)n1cc2c(n1)CN(C(=O)Cc1ccccc1)C2. The molecule has 0 bridgehead atoms. The molecule has 2 heterocycles. The van der Waals surface area contributed by atoms with Gasteiger partial charge in [0, 0.05) is 18.3 Å². The zero-order chi connectivity index (χ0) is 18.0. The molecule has 0 atom stereocenters. The van der Waals surface area contributed by atoms with Crippen LogP contribution >= 0.6 is 0 Å². The van der Waals surface area contributed by atoms with E-state index in [1.165, 1.54) is 18.3 Å². The topological polar surface area (TPSA) is 72.3 Å². The molecule has 1 aromatic heterocycles. The molecule has 1 amide bonds. The first-order chi connectivity index (χ1) is 12.0. The largest absolute Gasteiger partial charge is 0.332 e. The van der Waals surface area contributed by atoms with Crippen LogP contribution in [0.1, 0.15) is 23.7 Å². The number of rotatable bonds is 5. The molecule has 2 aromatic rings. The zero-order valence-corrected chi connectivity index (χ0v) is 14.7. The minimum absolute atomic E-state index is 0.00107. The summed E-state index contributed by atoms with van der Waals surface area (Å²) in [6, 6.07) is 9.52. The summed E-state index contributed by atoms with van der Waals surface area (Å²) < 4.78 is 25.8. The highest BCUT2D eigenvalue weighted by Gasteiger charge is 2.29. The van der Waals surface area contributed by atoms with Crippen LogP contribution in [0.25, 0.3) is 0 Å². The fourth-order valence-electron chi connectivity index (χ4n) is 2.79. The quantitative estimate of drug-likeness (QED) is 0.770. The molecule has 0 fully saturated rings. The van der Waals surface area contributed by atoms with E-state index in [9.17, 15) is 13.2 Å². The molecule has 0 spiro atoms. The van der Waals surface area contributed by atoms with Crippen LogP contribution < -0.4 is 0 Å². The van der Waals surface area contributed by atoms with Crippen LogP contribution in [-0.2, 0) is 34.3 Å². The molecule has 7 heteroatoms. The van der Waals surface area contributed by atoms with Gasteiger partial charge in [0.25, 0.3) is 10.0 Å². The van der Waals surface area contributed by atoms with Crippen molar-refractivity contribution in [2.75, 3.05) is 0 Å². The minimum atomic E-state index is -3.72. The molecule has 0 saturated heterocycles. The first kappa shape index (κ1) is 17.2. The van der Waals surface area contributed by atoms with Crippen molar-refractivity contribution in [1.82, 2.24) is 14.1 Å². The number of allylic oxidation sites excluding steroid dienone is 2. The molecule has 0 unspecified atom stereocenters. The van der Waals surface area contributed by atoms with Crippen molar-refractivity contribution in [3.05, 3.63) is 77.0 Å². The maximum atomic E-state index is 12.4. The molecule has 0 radical (unpaired) electrons. The van der Waals surface area contributed by atoms with E-state index in [0.29, 0.717) is 25.2 Å². The first-order valence-corrected chi connectivity index (χ1v) is 9.33. The van der Waals surface area contributed by atoms with Crippen LogP contribution in [-0.4, -0.2) is 28.4 Å². The Labute approximate surface area is 147 Å². The lowest BCUT2D eigenvalue weighted by Gasteiger charge is -2.15. The smallest absolute Gasteiger partial charge is 0.282 e. The Morgan fingerprint density at radius 1 is 1.28 bits per heavy atom. The standard InChI is InChI=1S/C18H19N3O3S/c1-3-16(4-2)25(23,24)21-12-15-11-20(13-17(15)19-21)18(22)10-14-8-6-5-7-9-14/h3-9,12H,1,10-11,13H2,2H3/b16-4+. The Balaban J connectivity index is 1.74. The van der Waals surface area contributed by atoms with Gasteiger partial charge >= 0.3 is 0 Å². The van der Waals surface area contributed by atoms with E-state index in [1.54, 1.807) is 11.8 Å². The fraction of sp³-hybridized carbons (Fsp3) is 0.222. The summed E-state index contributed by atoms with van der Waals surface area (Å²) in [5.74, 6) is -0.00107. The van der Waals surface area contributed by atoms with Gasteiger partial charge in [0.05, 0.1) is 23.6 Å². The van der Waals surface area contributed by atoms with Crippen molar-refractivity contribution in [2.24, 2.45) is 0 Å². The Hall–Kier alpha value is -2.67. The van der Waals surface area contributed by atoms with E-state index < -0.39 is 10.0 Å². The van der Waals surface area contributed by atoms with Crippen LogP contribution in [0.4, 0.5) is 0 Å². The summed E-state index contributed by atoms with van der Waals surface area (Å²) in [7, 11) is -3.72. The number of carbonyl (C=O) groups is 1. The molecule has 1 aliphatic rings. The first-order valence-electron chi connectivity index (χ1n) is 7.89. The van der Waals surface area contributed by atoms with Crippen LogP contribution in [0.2, 0.25) is 0 Å². The van der Waals surface area contributed by atoms with Gasteiger partial charge in [-0.05, 0) is 18.6 Å². The second-order valence-electron chi connectivity index (χ2n) is 5.79. The number of benzene rings is 1. The molecule has 130 valence electrons. The third-order valence-corrected chi connectivity index (χ3v) is 5.82. The van der Waals surface area contributed by atoms with Gasteiger partial charge in [0.2, 0.25) is 5.91 Å². The van der Waals surface area contributed by atoms with Gasteiger partial charge in [-0.2, -0.15) is 17.6 Å². The number of aromatic nitrogens is 2. The molecule has 0 N–H and O–H groups in total. The van der Waals surface area contributed by atoms with E-state index in [0.717, 1.165) is 15.2 Å². The average Bonchev–Trinajstić information content (AvgIpc) is 3.16. The average molecular weight is 357 g/mol. The summed E-state index contributed by atoms with van der Waals surface area (Å²) in [6.45, 7) is 5.85. The lowest BCUT2D eigenvalue weighted by atomic mass is 10.1. The molecule has 6 nitrogen and oxygen atoms in total. The third-order valence-electron chi connectivity index (χ3n) is 4.14. The van der Waals surface area contributed by atoms with Crippen LogP contribution in [0.15, 0.2) is 60.2 Å². The Morgan fingerprint density at radius 2 is 2.00 bits per heavy atom. The van der Waals surface area contributed by atoms with Gasteiger partial charge in [-0.3, -0.25) is 4.79 Å². The van der Waals surface area contributed by atoms with Crippen molar-refractivity contribution in [2.45, 2.75) is 26.4 Å². The lowest BCUT2D eigenvalue weighted by Crippen LogP contribution is -2.27. The number of carbonyl (C=O) groups excluding carboxylic acids is 1. The van der Waals surface area contributed by atoms with Crippen molar-refractivity contribution < 1.29 is 13.2 Å². The number of amides is 1. The molecular weight excluding hydrogens is 338 g/mol. The predicted molar refractivity (Wildman–Crippen MR) is 94.9 cm³/mol. The summed E-state index contributed by atoms with van der Waals surface area (Å²) in [5.41, 5.74) is 2.32. The third kappa shape index (κ3) is 3.28. The van der Waals surface area contributed by atoms with Gasteiger partial charge in [-0.15, -0.1) is 0 Å². The Morgan fingerprint density at radius 3 is 2.60 bits per heavy atom. The summed E-state index contributed by atoms with van der Waals surface area (Å²) >= 11 is 0. The van der Waals surface area contributed by atoms with Gasteiger partial charge in [0.15, 0.2) is 0 Å². The molecule has 25 heavy (non-hydrogen) atoms. The maximum absolute atomic E-state index is 12.4. The van der Waals surface area contributed by atoms with E-state index in [1.807, 2.05) is 30.3 Å². The molecule has 1 aliphatic heterocycles. The van der Waals surface area contributed by atoms with E-state index >= 15 is 0 Å². The molecule has 1 aromatic carbocycles. The van der Waals surface area contributed by atoms with Gasteiger partial charge < -0.3 is 4.90 Å².